The number of pyridine rings is 1. The summed E-state index contributed by atoms with van der Waals surface area (Å²) in [5, 5.41) is 14.6. The quantitative estimate of drug-likeness (QED) is 0.0643. The molecule has 0 bridgehead atoms. The fraction of sp³-hybridized carbons (Fsp3) is 0.343. The Labute approximate surface area is 288 Å². The molecule has 0 spiro atoms. The van der Waals surface area contributed by atoms with Gasteiger partial charge in [-0.3, -0.25) is 4.79 Å². The monoisotopic (exact) mass is 686 g/mol. The van der Waals surface area contributed by atoms with Crippen LogP contribution in [0.4, 0.5) is 11.5 Å². The molecule has 5 rings (SSSR count). The zero-order chi connectivity index (χ0) is 33.3. The number of thioether (sulfide) groups is 1. The van der Waals surface area contributed by atoms with Crippen molar-refractivity contribution in [3.8, 4) is 33.5 Å². The number of nitriles is 1. The molecule has 1 saturated heterocycles. The minimum atomic E-state index is -0.650. The van der Waals surface area contributed by atoms with Crippen LogP contribution < -0.4 is 15.4 Å². The molecular weight excluding hydrogens is 652 g/mol. The summed E-state index contributed by atoms with van der Waals surface area (Å²) in [6, 6.07) is 16.5. The van der Waals surface area contributed by atoms with Crippen molar-refractivity contribution in [3.05, 3.63) is 81.6 Å². The van der Waals surface area contributed by atoms with Crippen LogP contribution >= 0.6 is 34.7 Å². The third-order valence-electron chi connectivity index (χ3n) is 7.52. The van der Waals surface area contributed by atoms with Gasteiger partial charge >= 0.3 is 5.97 Å². The van der Waals surface area contributed by atoms with Gasteiger partial charge in [0.25, 0.3) is 0 Å². The Hall–Kier alpha value is -4.13. The maximum atomic E-state index is 12.1. The van der Waals surface area contributed by atoms with Crippen LogP contribution in [0.15, 0.2) is 58.9 Å². The van der Waals surface area contributed by atoms with Crippen LogP contribution in [-0.2, 0) is 15.3 Å². The largest absolute Gasteiger partial charge is 0.490 e. The van der Waals surface area contributed by atoms with Crippen LogP contribution in [0.2, 0.25) is 5.02 Å². The van der Waals surface area contributed by atoms with Crippen molar-refractivity contribution in [2.24, 2.45) is 11.7 Å². The first-order chi connectivity index (χ1) is 22.8. The van der Waals surface area contributed by atoms with Gasteiger partial charge in [-0.2, -0.15) is 5.26 Å². The lowest BCUT2D eigenvalue weighted by Gasteiger charge is -2.22. The smallest absolute Gasteiger partial charge is 0.323 e. The van der Waals surface area contributed by atoms with Crippen LogP contribution in [-0.4, -0.2) is 48.3 Å². The van der Waals surface area contributed by atoms with Crippen LogP contribution in [0.25, 0.3) is 26.5 Å². The summed E-state index contributed by atoms with van der Waals surface area (Å²) < 4.78 is 11.1. The number of thiazole rings is 1. The Kier molecular flexibility index (Phi) is 11.7. The fourth-order valence-electron chi connectivity index (χ4n) is 5.26. The molecule has 12 heteroatoms. The molecule has 0 unspecified atom stereocenters. The van der Waals surface area contributed by atoms with E-state index >= 15 is 0 Å². The van der Waals surface area contributed by atoms with Gasteiger partial charge in [-0.25, -0.2) is 14.8 Å². The van der Waals surface area contributed by atoms with Crippen molar-refractivity contribution >= 4 is 52.2 Å². The molecular formula is C35H35ClN6O3S2. The topological polar surface area (TPSA) is 119 Å². The molecule has 9 nitrogen and oxygen atoms in total. The first-order valence-electron chi connectivity index (χ1n) is 15.4. The zero-order valence-electron chi connectivity index (χ0n) is 26.2. The van der Waals surface area contributed by atoms with E-state index in [2.05, 4.69) is 15.8 Å². The number of nitrogens with two attached hydrogens (primary N) is 1. The predicted molar refractivity (Wildman–Crippen MR) is 188 cm³/mol. The molecule has 242 valence electrons. The molecule has 1 atom stereocenters. The molecule has 1 aliphatic heterocycles. The summed E-state index contributed by atoms with van der Waals surface area (Å²) in [6.45, 7) is 14.0. The SMILES string of the molecule is [C-]#[N+]c1c(N2CCCC2)nc(SCc2csc(-c3ccc(Cl)cc3)n2)c(C#N)c1-c1ccc(OCCOC(=O)[C@@H](N)CC(C)C)cc1. The molecule has 3 heterocycles. The van der Waals surface area contributed by atoms with Gasteiger partial charge in [0, 0.05) is 40.4 Å². The number of ether oxygens (including phenoxy) is 2. The fourth-order valence-corrected chi connectivity index (χ4v) is 7.19. The summed E-state index contributed by atoms with van der Waals surface area (Å²) in [6.07, 6.45) is 2.60. The van der Waals surface area contributed by atoms with Gasteiger partial charge in [0.15, 0.2) is 0 Å². The third-order valence-corrected chi connectivity index (χ3v) is 9.72. The zero-order valence-corrected chi connectivity index (χ0v) is 28.6. The standard InChI is InChI=1S/C35H35ClN6O3S2/c1-22(2)18-29(38)35(43)45-17-16-44-27-12-8-23(9-13-27)30-28(19-37)34(41-32(31(30)39-3)42-14-4-5-15-42)47-21-26-20-46-33(40-26)24-6-10-25(36)11-7-24/h6-13,20,22,29H,4-5,14-18,21,38H2,1-2H3/t29-/m0/s1. The number of hydrogen-bond donors (Lipinski definition) is 1. The Morgan fingerprint density at radius 3 is 2.49 bits per heavy atom. The molecule has 0 saturated carbocycles. The lowest BCUT2D eigenvalue weighted by atomic mass is 9.99. The molecule has 2 aromatic heterocycles. The van der Waals surface area contributed by atoms with Crippen LogP contribution in [0.5, 0.6) is 5.75 Å². The van der Waals surface area contributed by atoms with Crippen LogP contribution in [0, 0.1) is 23.8 Å². The second-order valence-electron chi connectivity index (χ2n) is 11.5. The number of halogens is 1. The van der Waals surface area contributed by atoms with E-state index in [0.29, 0.717) is 56.5 Å². The van der Waals surface area contributed by atoms with Crippen molar-refractivity contribution in [3.63, 3.8) is 0 Å². The van der Waals surface area contributed by atoms with Crippen molar-refractivity contribution in [2.45, 2.75) is 49.9 Å². The average molecular weight is 687 g/mol. The Morgan fingerprint density at radius 1 is 1.13 bits per heavy atom. The van der Waals surface area contributed by atoms with Crippen molar-refractivity contribution < 1.29 is 14.3 Å². The Bertz CT molecular complexity index is 1780. The van der Waals surface area contributed by atoms with Gasteiger partial charge in [-0.1, -0.05) is 61.5 Å². The maximum absolute atomic E-state index is 12.1. The second-order valence-corrected chi connectivity index (χ2v) is 13.7. The van der Waals surface area contributed by atoms with Gasteiger partial charge < -0.3 is 20.1 Å². The average Bonchev–Trinajstić information content (AvgIpc) is 3.78. The molecule has 2 aromatic carbocycles. The Balaban J connectivity index is 1.36. The lowest BCUT2D eigenvalue weighted by Crippen LogP contribution is -2.34. The summed E-state index contributed by atoms with van der Waals surface area (Å²) in [7, 11) is 0. The number of carbonyl (C=O) groups is 1. The normalized spacial score (nSPS) is 13.3. The highest BCUT2D eigenvalue weighted by atomic mass is 35.5. The number of esters is 1. The van der Waals surface area contributed by atoms with Gasteiger partial charge in [-0.05, 0) is 55.0 Å². The van der Waals surface area contributed by atoms with Gasteiger partial charge in [0.2, 0.25) is 5.69 Å². The van der Waals surface area contributed by atoms with Crippen molar-refractivity contribution in [1.29, 1.82) is 5.26 Å². The minimum Gasteiger partial charge on any atom is -0.490 e. The molecule has 0 amide bonds. The summed E-state index contributed by atoms with van der Waals surface area (Å²) >= 11 is 9.05. The van der Waals surface area contributed by atoms with E-state index in [1.807, 2.05) is 55.6 Å². The molecule has 0 radical (unpaired) electrons. The van der Waals surface area contributed by atoms with E-state index < -0.39 is 12.0 Å². The number of benzene rings is 2. The Morgan fingerprint density at radius 2 is 1.83 bits per heavy atom. The highest BCUT2D eigenvalue weighted by Crippen LogP contribution is 2.45. The maximum Gasteiger partial charge on any atom is 0.323 e. The molecule has 1 aliphatic rings. The number of aromatic nitrogens is 2. The molecule has 2 N–H and O–H groups in total. The van der Waals surface area contributed by atoms with E-state index in [1.54, 1.807) is 23.5 Å². The number of anilines is 1. The van der Waals surface area contributed by atoms with Crippen LogP contribution in [0.3, 0.4) is 0 Å². The molecule has 0 aliphatic carbocycles. The van der Waals surface area contributed by atoms with E-state index in [4.69, 9.17) is 43.3 Å². The summed E-state index contributed by atoms with van der Waals surface area (Å²) in [5.41, 5.74) is 9.76. The minimum absolute atomic E-state index is 0.0805. The van der Waals surface area contributed by atoms with Crippen molar-refractivity contribution in [1.82, 2.24) is 9.97 Å². The number of rotatable bonds is 13. The molecule has 47 heavy (non-hydrogen) atoms. The van der Waals surface area contributed by atoms with Gasteiger partial charge in [0.1, 0.15) is 46.9 Å². The summed E-state index contributed by atoms with van der Waals surface area (Å²) in [4.78, 5) is 27.9. The van der Waals surface area contributed by atoms with Gasteiger partial charge in [0.05, 0.1) is 17.8 Å². The van der Waals surface area contributed by atoms with E-state index in [0.717, 1.165) is 47.8 Å². The lowest BCUT2D eigenvalue weighted by molar-refractivity contribution is -0.146. The second kappa shape index (κ2) is 16.1. The predicted octanol–water partition coefficient (Wildman–Crippen LogP) is 8.14. The number of nitrogens with zero attached hydrogens (tertiary/aromatic N) is 5. The molecule has 4 aromatic rings. The first-order valence-corrected chi connectivity index (χ1v) is 17.6. The van der Waals surface area contributed by atoms with Crippen molar-refractivity contribution in [2.75, 3.05) is 31.2 Å². The van der Waals surface area contributed by atoms with E-state index in [-0.39, 0.29) is 13.2 Å². The number of carbonyl (C=O) groups excluding carboxylic acids is 1. The highest BCUT2D eigenvalue weighted by molar-refractivity contribution is 7.98. The van der Waals surface area contributed by atoms with Crippen LogP contribution in [0.1, 0.15) is 44.4 Å². The first kappa shape index (κ1) is 34.2. The third kappa shape index (κ3) is 8.62. The van der Waals surface area contributed by atoms with Gasteiger partial charge in [-0.15, -0.1) is 11.3 Å². The summed E-state index contributed by atoms with van der Waals surface area (Å²) in [5.74, 6) is 1.55. The highest BCUT2D eigenvalue weighted by Gasteiger charge is 2.26. The molecule has 1 fully saturated rings. The van der Waals surface area contributed by atoms with E-state index in [9.17, 15) is 10.1 Å². The van der Waals surface area contributed by atoms with E-state index in [1.165, 1.54) is 11.8 Å². The number of hydrogen-bond acceptors (Lipinski definition) is 10.